The van der Waals surface area contributed by atoms with Crippen LogP contribution < -0.4 is 10.6 Å². The lowest BCUT2D eigenvalue weighted by molar-refractivity contribution is -0.125. The number of rotatable bonds is 4. The predicted molar refractivity (Wildman–Crippen MR) is 97.6 cm³/mol. The number of hydrogen-bond donors (Lipinski definition) is 2. The van der Waals surface area contributed by atoms with E-state index in [1.54, 1.807) is 0 Å². The number of aryl methyl sites for hydroxylation is 1. The van der Waals surface area contributed by atoms with Gasteiger partial charge < -0.3 is 15.5 Å². The van der Waals surface area contributed by atoms with Crippen molar-refractivity contribution < 1.29 is 14.4 Å². The lowest BCUT2D eigenvalue weighted by Crippen LogP contribution is -2.29. The number of carbonyl (C=O) groups excluding carboxylic acids is 2. The Morgan fingerprint density at radius 3 is 2.44 bits per heavy atom. The SMILES string of the molecule is CC1=NOC(C(=O)Nc2cc(C)ccc2NC(=O)C2CCCCC2)C1. The normalized spacial score (nSPS) is 20.6. The summed E-state index contributed by atoms with van der Waals surface area (Å²) in [5.74, 6) is -0.150. The van der Waals surface area contributed by atoms with Crippen LogP contribution in [0.1, 0.15) is 51.0 Å². The maximum absolute atomic E-state index is 12.5. The van der Waals surface area contributed by atoms with Gasteiger partial charge in [-0.2, -0.15) is 0 Å². The summed E-state index contributed by atoms with van der Waals surface area (Å²) in [6.07, 6.45) is 5.17. The van der Waals surface area contributed by atoms with Crippen molar-refractivity contribution in [2.75, 3.05) is 10.6 Å². The third kappa shape index (κ3) is 4.38. The van der Waals surface area contributed by atoms with Gasteiger partial charge in [0.25, 0.3) is 5.91 Å². The second kappa shape index (κ2) is 7.68. The van der Waals surface area contributed by atoms with Gasteiger partial charge in [0.1, 0.15) is 0 Å². The molecule has 2 N–H and O–H groups in total. The van der Waals surface area contributed by atoms with E-state index >= 15 is 0 Å². The summed E-state index contributed by atoms with van der Waals surface area (Å²) in [6.45, 7) is 3.78. The van der Waals surface area contributed by atoms with Gasteiger partial charge in [0.15, 0.2) is 0 Å². The van der Waals surface area contributed by atoms with E-state index in [4.69, 9.17) is 4.84 Å². The molecule has 1 saturated carbocycles. The van der Waals surface area contributed by atoms with Gasteiger partial charge in [-0.25, -0.2) is 0 Å². The van der Waals surface area contributed by atoms with E-state index in [9.17, 15) is 9.59 Å². The quantitative estimate of drug-likeness (QED) is 0.876. The molecule has 0 aromatic heterocycles. The van der Waals surface area contributed by atoms with Gasteiger partial charge in [-0.05, 0) is 44.4 Å². The van der Waals surface area contributed by atoms with Crippen LogP contribution in [0.25, 0.3) is 0 Å². The molecule has 3 rings (SSSR count). The minimum Gasteiger partial charge on any atom is -0.382 e. The lowest BCUT2D eigenvalue weighted by atomic mass is 9.88. The van der Waals surface area contributed by atoms with Crippen LogP contribution in [0.4, 0.5) is 11.4 Å². The number of nitrogens with zero attached hydrogens (tertiary/aromatic N) is 1. The van der Waals surface area contributed by atoms with Crippen molar-refractivity contribution in [1.82, 2.24) is 0 Å². The summed E-state index contributed by atoms with van der Waals surface area (Å²) in [6, 6.07) is 5.62. The zero-order valence-corrected chi connectivity index (χ0v) is 14.8. The highest BCUT2D eigenvalue weighted by molar-refractivity contribution is 6.03. The van der Waals surface area contributed by atoms with Crippen molar-refractivity contribution >= 4 is 28.9 Å². The summed E-state index contributed by atoms with van der Waals surface area (Å²) >= 11 is 0. The molecule has 25 heavy (non-hydrogen) atoms. The molecule has 0 radical (unpaired) electrons. The molecule has 0 saturated heterocycles. The highest BCUT2D eigenvalue weighted by Gasteiger charge is 2.27. The van der Waals surface area contributed by atoms with Gasteiger partial charge in [-0.15, -0.1) is 0 Å². The summed E-state index contributed by atoms with van der Waals surface area (Å²) in [7, 11) is 0. The average Bonchev–Trinajstić information content (AvgIpc) is 3.04. The second-order valence-corrected chi connectivity index (χ2v) is 6.99. The molecular weight excluding hydrogens is 318 g/mol. The molecule has 134 valence electrons. The fraction of sp³-hybridized carbons (Fsp3) is 0.526. The number of carbonyl (C=O) groups is 2. The number of oxime groups is 1. The number of benzene rings is 1. The molecule has 2 amide bonds. The number of anilines is 2. The highest BCUT2D eigenvalue weighted by atomic mass is 16.6. The Bertz CT molecular complexity index is 693. The van der Waals surface area contributed by atoms with E-state index in [0.29, 0.717) is 17.8 Å². The van der Waals surface area contributed by atoms with Crippen molar-refractivity contribution in [2.24, 2.45) is 11.1 Å². The zero-order chi connectivity index (χ0) is 17.8. The fourth-order valence-electron chi connectivity index (χ4n) is 3.32. The monoisotopic (exact) mass is 343 g/mol. The Balaban J connectivity index is 1.69. The third-order valence-corrected chi connectivity index (χ3v) is 4.78. The topological polar surface area (TPSA) is 79.8 Å². The van der Waals surface area contributed by atoms with E-state index in [1.165, 1.54) is 6.42 Å². The van der Waals surface area contributed by atoms with Gasteiger partial charge in [0.05, 0.1) is 17.1 Å². The fourth-order valence-corrected chi connectivity index (χ4v) is 3.32. The molecule has 2 aliphatic rings. The van der Waals surface area contributed by atoms with Crippen molar-refractivity contribution in [3.63, 3.8) is 0 Å². The van der Waals surface area contributed by atoms with Crippen LogP contribution in [0.5, 0.6) is 0 Å². The maximum atomic E-state index is 12.5. The Hall–Kier alpha value is -2.37. The van der Waals surface area contributed by atoms with Gasteiger partial charge in [-0.3, -0.25) is 9.59 Å². The molecule has 0 bridgehead atoms. The summed E-state index contributed by atoms with van der Waals surface area (Å²) in [5.41, 5.74) is 3.04. The first kappa shape index (κ1) is 17.5. The molecule has 1 atom stereocenters. The Morgan fingerprint density at radius 2 is 1.76 bits per heavy atom. The van der Waals surface area contributed by atoms with Crippen LogP contribution in [-0.4, -0.2) is 23.6 Å². The minimum atomic E-state index is -0.609. The van der Waals surface area contributed by atoms with Gasteiger partial charge in [0, 0.05) is 12.3 Å². The zero-order valence-electron chi connectivity index (χ0n) is 14.8. The van der Waals surface area contributed by atoms with E-state index in [2.05, 4.69) is 15.8 Å². The second-order valence-electron chi connectivity index (χ2n) is 6.99. The molecule has 1 fully saturated rings. The van der Waals surface area contributed by atoms with Gasteiger partial charge >= 0.3 is 0 Å². The first-order valence-corrected chi connectivity index (χ1v) is 8.94. The molecule has 1 heterocycles. The summed E-state index contributed by atoms with van der Waals surface area (Å²) in [4.78, 5) is 30.0. The Kier molecular flexibility index (Phi) is 5.36. The van der Waals surface area contributed by atoms with Crippen LogP contribution in [0, 0.1) is 12.8 Å². The van der Waals surface area contributed by atoms with Crippen molar-refractivity contribution in [1.29, 1.82) is 0 Å². The number of hydrogen-bond acceptors (Lipinski definition) is 4. The Morgan fingerprint density at radius 1 is 1.04 bits per heavy atom. The summed E-state index contributed by atoms with van der Waals surface area (Å²) < 4.78 is 0. The number of nitrogens with one attached hydrogen (secondary N) is 2. The third-order valence-electron chi connectivity index (χ3n) is 4.78. The van der Waals surface area contributed by atoms with E-state index in [-0.39, 0.29) is 17.7 Å². The van der Waals surface area contributed by atoms with Gasteiger partial charge in [0.2, 0.25) is 12.0 Å². The molecule has 1 aliphatic heterocycles. The lowest BCUT2D eigenvalue weighted by Gasteiger charge is -2.22. The number of amides is 2. The molecule has 1 aromatic carbocycles. The van der Waals surface area contributed by atoms with Crippen LogP contribution in [0.2, 0.25) is 0 Å². The largest absolute Gasteiger partial charge is 0.382 e. The molecule has 6 heteroatoms. The smallest absolute Gasteiger partial charge is 0.268 e. The molecular formula is C19H25N3O3. The van der Waals surface area contributed by atoms with Crippen LogP contribution in [0.15, 0.2) is 23.4 Å². The highest BCUT2D eigenvalue weighted by Crippen LogP contribution is 2.28. The minimum absolute atomic E-state index is 0.0374. The van der Waals surface area contributed by atoms with E-state index < -0.39 is 6.10 Å². The van der Waals surface area contributed by atoms with E-state index in [1.807, 2.05) is 32.0 Å². The van der Waals surface area contributed by atoms with Crippen LogP contribution in [-0.2, 0) is 14.4 Å². The standard InChI is InChI=1S/C19H25N3O3/c1-12-8-9-15(20-18(23)14-6-4-3-5-7-14)16(10-12)21-19(24)17-11-13(2)22-25-17/h8-10,14,17H,3-7,11H2,1-2H3,(H,20,23)(H,21,24). The molecule has 1 unspecified atom stereocenters. The average molecular weight is 343 g/mol. The molecule has 1 aliphatic carbocycles. The maximum Gasteiger partial charge on any atom is 0.268 e. The first-order chi connectivity index (χ1) is 12.0. The first-order valence-electron chi connectivity index (χ1n) is 8.94. The van der Waals surface area contributed by atoms with Crippen molar-refractivity contribution in [3.05, 3.63) is 23.8 Å². The van der Waals surface area contributed by atoms with E-state index in [0.717, 1.165) is 37.0 Å². The van der Waals surface area contributed by atoms with Crippen LogP contribution >= 0.6 is 0 Å². The molecule has 6 nitrogen and oxygen atoms in total. The predicted octanol–water partition coefficient (Wildman–Crippen LogP) is 3.62. The molecule has 1 aromatic rings. The van der Waals surface area contributed by atoms with Gasteiger partial charge in [-0.1, -0.05) is 30.5 Å². The Labute approximate surface area is 148 Å². The summed E-state index contributed by atoms with van der Waals surface area (Å²) in [5, 5.41) is 9.68. The van der Waals surface area contributed by atoms with Crippen LogP contribution in [0.3, 0.4) is 0 Å². The van der Waals surface area contributed by atoms with Crippen molar-refractivity contribution in [3.8, 4) is 0 Å². The molecule has 0 spiro atoms. The van der Waals surface area contributed by atoms with Crippen molar-refractivity contribution in [2.45, 2.75) is 58.5 Å².